The number of benzene rings is 2. The predicted octanol–water partition coefficient (Wildman–Crippen LogP) is 4.23. The Morgan fingerprint density at radius 3 is 2.08 bits per heavy atom. The molecule has 24 heavy (non-hydrogen) atoms. The van der Waals surface area contributed by atoms with E-state index in [0.29, 0.717) is 11.4 Å². The first-order valence-electron chi connectivity index (χ1n) is 8.14. The highest BCUT2D eigenvalue weighted by molar-refractivity contribution is 7.89. The van der Waals surface area contributed by atoms with E-state index >= 15 is 0 Å². The van der Waals surface area contributed by atoms with Crippen LogP contribution < -0.4 is 0 Å². The molecule has 0 bridgehead atoms. The molecule has 0 aromatic heterocycles. The summed E-state index contributed by atoms with van der Waals surface area (Å²) in [7, 11) is -1.86. The fraction of sp³-hybridized carbons (Fsp3) is 0.300. The Morgan fingerprint density at radius 2 is 1.58 bits per heavy atom. The van der Waals surface area contributed by atoms with Crippen LogP contribution in [0.1, 0.15) is 25.3 Å². The maximum atomic E-state index is 12.9. The Balaban J connectivity index is 2.38. The van der Waals surface area contributed by atoms with Crippen molar-refractivity contribution in [1.29, 1.82) is 0 Å². The van der Waals surface area contributed by atoms with Gasteiger partial charge in [-0.25, -0.2) is 12.7 Å². The number of sulfonamides is 1. The van der Waals surface area contributed by atoms with Gasteiger partial charge in [-0.1, -0.05) is 61.5 Å². The van der Waals surface area contributed by atoms with Crippen LogP contribution >= 0.6 is 0 Å². The largest absolute Gasteiger partial charge is 0.242 e. The fourth-order valence-corrected chi connectivity index (χ4v) is 4.36. The van der Waals surface area contributed by atoms with Crippen molar-refractivity contribution in [2.45, 2.75) is 30.1 Å². The van der Waals surface area contributed by atoms with Crippen LogP contribution in [0, 0.1) is 0 Å². The van der Waals surface area contributed by atoms with Gasteiger partial charge in [0.1, 0.15) is 0 Å². The van der Waals surface area contributed by atoms with E-state index in [1.165, 1.54) is 4.31 Å². The Bertz CT molecular complexity index is 757. The van der Waals surface area contributed by atoms with Gasteiger partial charge >= 0.3 is 0 Å². The van der Waals surface area contributed by atoms with Crippen molar-refractivity contribution in [2.75, 3.05) is 13.6 Å². The zero-order valence-corrected chi connectivity index (χ0v) is 15.2. The van der Waals surface area contributed by atoms with E-state index in [4.69, 9.17) is 0 Å². The van der Waals surface area contributed by atoms with Crippen molar-refractivity contribution >= 4 is 10.0 Å². The lowest BCUT2D eigenvalue weighted by Crippen LogP contribution is -2.41. The summed E-state index contributed by atoms with van der Waals surface area (Å²) in [6.45, 7) is 6.39. The van der Waals surface area contributed by atoms with E-state index in [1.807, 2.05) is 30.3 Å². The molecule has 0 aliphatic rings. The van der Waals surface area contributed by atoms with Crippen LogP contribution in [0.25, 0.3) is 0 Å². The van der Waals surface area contributed by atoms with Crippen molar-refractivity contribution in [3.05, 3.63) is 78.9 Å². The standard InChI is InChI=1S/C20H25NO2S/c1-4-16-20(5-2,18-12-8-6-9-13-18)17-21(3)24(22,23)19-14-10-7-11-15-19/h4,6-15H,1,5,16-17H2,2-3H3/t20-/m0/s1. The molecular weight excluding hydrogens is 318 g/mol. The smallest absolute Gasteiger partial charge is 0.207 e. The summed E-state index contributed by atoms with van der Waals surface area (Å²) in [4.78, 5) is 0.323. The molecule has 0 amide bonds. The third-order valence-electron chi connectivity index (χ3n) is 4.57. The van der Waals surface area contributed by atoms with Crippen LogP contribution in [-0.4, -0.2) is 26.3 Å². The Morgan fingerprint density at radius 1 is 1.04 bits per heavy atom. The highest BCUT2D eigenvalue weighted by Gasteiger charge is 2.34. The van der Waals surface area contributed by atoms with E-state index in [-0.39, 0.29) is 5.41 Å². The number of rotatable bonds is 8. The first-order chi connectivity index (χ1) is 11.5. The van der Waals surface area contributed by atoms with Crippen LogP contribution in [0.5, 0.6) is 0 Å². The number of allylic oxidation sites excluding steroid dienone is 1. The topological polar surface area (TPSA) is 37.4 Å². The second kappa shape index (κ2) is 7.77. The van der Waals surface area contributed by atoms with Crippen molar-refractivity contribution in [2.24, 2.45) is 0 Å². The maximum absolute atomic E-state index is 12.9. The molecule has 0 saturated heterocycles. The minimum atomic E-state index is -3.51. The monoisotopic (exact) mass is 343 g/mol. The summed E-state index contributed by atoms with van der Waals surface area (Å²) in [6.07, 6.45) is 3.43. The van der Waals surface area contributed by atoms with E-state index in [0.717, 1.165) is 18.4 Å². The quantitative estimate of drug-likeness (QED) is 0.673. The van der Waals surface area contributed by atoms with Gasteiger partial charge in [0.2, 0.25) is 10.0 Å². The molecule has 128 valence electrons. The average Bonchev–Trinajstić information content (AvgIpc) is 2.62. The molecule has 3 nitrogen and oxygen atoms in total. The van der Waals surface area contributed by atoms with E-state index in [1.54, 1.807) is 31.3 Å². The summed E-state index contributed by atoms with van der Waals surface area (Å²) in [5.41, 5.74) is 0.863. The minimum absolute atomic E-state index is 0.278. The first-order valence-corrected chi connectivity index (χ1v) is 9.58. The number of likely N-dealkylation sites (N-methyl/N-ethyl adjacent to an activating group) is 1. The van der Waals surface area contributed by atoms with Gasteiger partial charge in [-0.3, -0.25) is 0 Å². The average molecular weight is 343 g/mol. The molecule has 0 spiro atoms. The summed E-state index contributed by atoms with van der Waals surface area (Å²) in [5.74, 6) is 0. The molecule has 2 rings (SSSR count). The molecule has 2 aromatic carbocycles. The lowest BCUT2D eigenvalue weighted by atomic mass is 9.75. The van der Waals surface area contributed by atoms with Crippen LogP contribution in [-0.2, 0) is 15.4 Å². The SMILES string of the molecule is C=CC[C@@](CC)(CN(C)S(=O)(=O)c1ccccc1)c1ccccc1. The van der Waals surface area contributed by atoms with E-state index < -0.39 is 10.0 Å². The van der Waals surface area contributed by atoms with Gasteiger partial charge in [-0.2, -0.15) is 0 Å². The lowest BCUT2D eigenvalue weighted by molar-refractivity contribution is 0.319. The number of nitrogens with zero attached hydrogens (tertiary/aromatic N) is 1. The summed E-state index contributed by atoms with van der Waals surface area (Å²) in [6, 6.07) is 18.7. The fourth-order valence-electron chi connectivity index (χ4n) is 3.09. The van der Waals surface area contributed by atoms with Crippen LogP contribution in [0.4, 0.5) is 0 Å². The second-order valence-electron chi connectivity index (χ2n) is 6.07. The molecule has 0 aliphatic heterocycles. The Hall–Kier alpha value is -1.91. The number of hydrogen-bond acceptors (Lipinski definition) is 2. The predicted molar refractivity (Wildman–Crippen MR) is 99.5 cm³/mol. The van der Waals surface area contributed by atoms with Crippen molar-refractivity contribution < 1.29 is 8.42 Å². The summed E-state index contributed by atoms with van der Waals surface area (Å²) >= 11 is 0. The minimum Gasteiger partial charge on any atom is -0.207 e. The molecule has 0 aliphatic carbocycles. The summed E-state index contributed by atoms with van der Waals surface area (Å²) in [5, 5.41) is 0. The van der Waals surface area contributed by atoms with Crippen molar-refractivity contribution in [3.63, 3.8) is 0 Å². The van der Waals surface area contributed by atoms with Crippen molar-refractivity contribution in [1.82, 2.24) is 4.31 Å². The first kappa shape index (κ1) is 18.4. The molecule has 0 radical (unpaired) electrons. The molecule has 1 atom stereocenters. The Labute approximate surface area is 145 Å². The molecule has 0 N–H and O–H groups in total. The van der Waals surface area contributed by atoms with Crippen LogP contribution in [0.2, 0.25) is 0 Å². The molecule has 0 fully saturated rings. The van der Waals surface area contributed by atoms with Gasteiger partial charge in [-0.05, 0) is 30.5 Å². The van der Waals surface area contributed by atoms with Gasteiger partial charge in [0.25, 0.3) is 0 Å². The molecular formula is C20H25NO2S. The van der Waals surface area contributed by atoms with E-state index in [9.17, 15) is 8.42 Å². The van der Waals surface area contributed by atoms with Gasteiger partial charge < -0.3 is 0 Å². The molecule has 2 aromatic rings. The zero-order chi connectivity index (χ0) is 17.6. The second-order valence-corrected chi connectivity index (χ2v) is 8.11. The Kier molecular flexibility index (Phi) is 5.97. The molecule has 4 heteroatoms. The highest BCUT2D eigenvalue weighted by Crippen LogP contribution is 2.34. The van der Waals surface area contributed by atoms with Gasteiger partial charge in [0.15, 0.2) is 0 Å². The van der Waals surface area contributed by atoms with E-state index in [2.05, 4.69) is 25.6 Å². The molecule has 0 heterocycles. The molecule has 0 saturated carbocycles. The van der Waals surface area contributed by atoms with Gasteiger partial charge in [-0.15, -0.1) is 6.58 Å². The van der Waals surface area contributed by atoms with Crippen LogP contribution in [0.15, 0.2) is 78.2 Å². The zero-order valence-electron chi connectivity index (χ0n) is 14.4. The van der Waals surface area contributed by atoms with Crippen molar-refractivity contribution in [3.8, 4) is 0 Å². The lowest BCUT2D eigenvalue weighted by Gasteiger charge is -2.36. The third kappa shape index (κ3) is 3.77. The van der Waals surface area contributed by atoms with Gasteiger partial charge in [0.05, 0.1) is 4.90 Å². The maximum Gasteiger partial charge on any atom is 0.242 e. The number of hydrogen-bond donors (Lipinski definition) is 0. The van der Waals surface area contributed by atoms with Gasteiger partial charge in [0, 0.05) is 19.0 Å². The van der Waals surface area contributed by atoms with Crippen LogP contribution in [0.3, 0.4) is 0 Å². The summed E-state index contributed by atoms with van der Waals surface area (Å²) < 4.78 is 27.2. The molecule has 0 unspecified atom stereocenters. The normalized spacial score (nSPS) is 14.3. The highest BCUT2D eigenvalue weighted by atomic mass is 32.2. The third-order valence-corrected chi connectivity index (χ3v) is 6.39.